The van der Waals surface area contributed by atoms with E-state index >= 15 is 0 Å². The van der Waals surface area contributed by atoms with Crippen molar-refractivity contribution in [3.63, 3.8) is 0 Å². The van der Waals surface area contributed by atoms with Crippen molar-refractivity contribution in [1.82, 2.24) is 20.2 Å². The van der Waals surface area contributed by atoms with Gasteiger partial charge in [0.25, 0.3) is 0 Å². The number of aryl methyl sites for hydroxylation is 1. The number of benzene rings is 1. The Hall–Kier alpha value is -2.05. The number of aromatic nitrogens is 4. The number of hydrogen-bond donors (Lipinski definition) is 1. The van der Waals surface area contributed by atoms with Crippen LogP contribution >= 0.6 is 11.3 Å². The topological polar surface area (TPSA) is 63.7 Å². The third-order valence-electron chi connectivity index (χ3n) is 4.17. The predicted molar refractivity (Wildman–Crippen MR) is 89.3 cm³/mol. The number of nitrogens with one attached hydrogen (secondary N) is 1. The summed E-state index contributed by atoms with van der Waals surface area (Å²) in [4.78, 5) is 10.4. The third-order valence-corrected chi connectivity index (χ3v) is 5.27. The molecular weight excluding hydrogens is 308 g/mol. The van der Waals surface area contributed by atoms with E-state index in [1.165, 1.54) is 4.88 Å². The molecule has 0 amide bonds. The van der Waals surface area contributed by atoms with Gasteiger partial charge >= 0.3 is 0 Å². The van der Waals surface area contributed by atoms with Gasteiger partial charge in [-0.1, -0.05) is 30.3 Å². The molecular formula is C17H18N4OS. The molecule has 2 atom stereocenters. The molecule has 1 saturated heterocycles. The van der Waals surface area contributed by atoms with E-state index in [4.69, 9.17) is 9.72 Å². The summed E-state index contributed by atoms with van der Waals surface area (Å²) in [6.45, 7) is 2.83. The number of aromatic amines is 1. The van der Waals surface area contributed by atoms with Crippen molar-refractivity contribution in [2.24, 2.45) is 0 Å². The molecule has 4 rings (SSSR count). The van der Waals surface area contributed by atoms with Crippen molar-refractivity contribution in [2.75, 3.05) is 6.61 Å². The van der Waals surface area contributed by atoms with Gasteiger partial charge in [-0.3, -0.25) is 5.10 Å². The molecule has 5 nitrogen and oxygen atoms in total. The summed E-state index contributed by atoms with van der Waals surface area (Å²) >= 11 is 1.76. The van der Waals surface area contributed by atoms with Gasteiger partial charge in [0, 0.05) is 23.0 Å². The van der Waals surface area contributed by atoms with Gasteiger partial charge in [0.05, 0.1) is 10.7 Å². The summed E-state index contributed by atoms with van der Waals surface area (Å²) in [6.07, 6.45) is 3.60. The lowest BCUT2D eigenvalue weighted by Gasteiger charge is -2.30. The molecule has 1 fully saturated rings. The standard InChI is InChI=1S/C17H18N4OS/c1-11-20-14(12-6-3-2-4-7-12)16(23-11)13-8-5-9-22-15(13)17-18-10-19-21-17/h2-4,6-7,10,13,15H,5,8-9H2,1H3,(H,18,19,21). The second-order valence-corrected chi connectivity index (χ2v) is 6.96. The maximum Gasteiger partial charge on any atom is 0.154 e. The smallest absolute Gasteiger partial charge is 0.154 e. The predicted octanol–water partition coefficient (Wildman–Crippen LogP) is 3.87. The minimum atomic E-state index is -0.0754. The number of nitrogens with zero attached hydrogens (tertiary/aromatic N) is 3. The molecule has 0 radical (unpaired) electrons. The lowest BCUT2D eigenvalue weighted by Crippen LogP contribution is -2.22. The monoisotopic (exact) mass is 326 g/mol. The van der Waals surface area contributed by atoms with E-state index in [0.29, 0.717) is 0 Å². The Morgan fingerprint density at radius 3 is 2.91 bits per heavy atom. The van der Waals surface area contributed by atoms with Crippen LogP contribution in [0, 0.1) is 6.92 Å². The number of ether oxygens (including phenoxy) is 1. The van der Waals surface area contributed by atoms with Crippen LogP contribution in [-0.4, -0.2) is 26.8 Å². The molecule has 0 spiro atoms. The van der Waals surface area contributed by atoms with Crippen LogP contribution in [0.3, 0.4) is 0 Å². The lowest BCUT2D eigenvalue weighted by atomic mass is 9.90. The Labute approximate surface area is 138 Å². The normalized spacial score (nSPS) is 21.4. The van der Waals surface area contributed by atoms with Crippen LogP contribution in [0.25, 0.3) is 11.3 Å². The van der Waals surface area contributed by atoms with Crippen molar-refractivity contribution in [1.29, 1.82) is 0 Å². The maximum atomic E-state index is 6.03. The minimum absolute atomic E-state index is 0.0754. The molecule has 2 aromatic heterocycles. The quantitative estimate of drug-likeness (QED) is 0.793. The van der Waals surface area contributed by atoms with Crippen LogP contribution in [0.5, 0.6) is 0 Å². The van der Waals surface area contributed by atoms with Gasteiger partial charge in [0.15, 0.2) is 5.82 Å². The van der Waals surface area contributed by atoms with Gasteiger partial charge < -0.3 is 4.74 Å². The maximum absolute atomic E-state index is 6.03. The summed E-state index contributed by atoms with van der Waals surface area (Å²) < 4.78 is 6.03. The summed E-state index contributed by atoms with van der Waals surface area (Å²) in [5.41, 5.74) is 2.24. The number of hydrogen-bond acceptors (Lipinski definition) is 5. The highest BCUT2D eigenvalue weighted by atomic mass is 32.1. The molecule has 6 heteroatoms. The zero-order valence-electron chi connectivity index (χ0n) is 12.9. The zero-order valence-corrected chi connectivity index (χ0v) is 13.7. The van der Waals surface area contributed by atoms with Crippen molar-refractivity contribution >= 4 is 11.3 Å². The van der Waals surface area contributed by atoms with Crippen LogP contribution in [0.1, 0.15) is 40.6 Å². The fourth-order valence-electron chi connectivity index (χ4n) is 3.17. The van der Waals surface area contributed by atoms with Gasteiger partial charge in [-0.2, -0.15) is 5.10 Å². The largest absolute Gasteiger partial charge is 0.370 e. The molecule has 118 valence electrons. The van der Waals surface area contributed by atoms with E-state index in [1.807, 2.05) is 6.07 Å². The van der Waals surface area contributed by atoms with Crippen molar-refractivity contribution in [3.05, 3.63) is 52.4 Å². The Morgan fingerprint density at radius 1 is 1.26 bits per heavy atom. The molecule has 0 bridgehead atoms. The molecule has 1 N–H and O–H groups in total. The highest BCUT2D eigenvalue weighted by molar-refractivity contribution is 7.12. The summed E-state index contributed by atoms with van der Waals surface area (Å²) in [5, 5.41) is 8.04. The molecule has 0 saturated carbocycles. The van der Waals surface area contributed by atoms with E-state index < -0.39 is 0 Å². The van der Waals surface area contributed by atoms with Crippen LogP contribution in [0.4, 0.5) is 0 Å². The molecule has 3 heterocycles. The Morgan fingerprint density at radius 2 is 2.13 bits per heavy atom. The number of H-pyrrole nitrogens is 1. The second kappa shape index (κ2) is 6.22. The van der Waals surface area contributed by atoms with Gasteiger partial charge in [-0.25, -0.2) is 9.97 Å². The Kier molecular flexibility index (Phi) is 3.93. The average molecular weight is 326 g/mol. The van der Waals surface area contributed by atoms with Gasteiger partial charge in [-0.15, -0.1) is 11.3 Å². The van der Waals surface area contributed by atoms with Crippen molar-refractivity contribution in [3.8, 4) is 11.3 Å². The molecule has 0 aliphatic carbocycles. The first-order chi connectivity index (χ1) is 11.3. The second-order valence-electron chi connectivity index (χ2n) is 5.72. The molecule has 1 aliphatic heterocycles. The Bertz CT molecular complexity index is 769. The van der Waals surface area contributed by atoms with E-state index in [-0.39, 0.29) is 12.0 Å². The number of rotatable bonds is 3. The van der Waals surface area contributed by atoms with Crippen molar-refractivity contribution < 1.29 is 4.74 Å². The first kappa shape index (κ1) is 14.5. The summed E-state index contributed by atoms with van der Waals surface area (Å²) in [5.74, 6) is 1.07. The third kappa shape index (κ3) is 2.80. The first-order valence-electron chi connectivity index (χ1n) is 7.82. The van der Waals surface area contributed by atoms with Crippen LogP contribution in [0.15, 0.2) is 36.7 Å². The lowest BCUT2D eigenvalue weighted by molar-refractivity contribution is -0.00644. The first-order valence-corrected chi connectivity index (χ1v) is 8.64. The molecule has 23 heavy (non-hydrogen) atoms. The SMILES string of the molecule is Cc1nc(-c2ccccc2)c(C2CCCOC2c2ncn[nH]2)s1. The highest BCUT2D eigenvalue weighted by Gasteiger charge is 2.34. The fourth-order valence-corrected chi connectivity index (χ4v) is 4.28. The summed E-state index contributed by atoms with van der Waals surface area (Å²) in [7, 11) is 0. The van der Waals surface area contributed by atoms with Gasteiger partial charge in [0.2, 0.25) is 0 Å². The zero-order chi connectivity index (χ0) is 15.6. The van der Waals surface area contributed by atoms with Crippen molar-refractivity contribution in [2.45, 2.75) is 31.8 Å². The molecule has 3 aromatic rings. The fraction of sp³-hybridized carbons (Fsp3) is 0.353. The van der Waals surface area contributed by atoms with E-state index in [9.17, 15) is 0 Å². The molecule has 1 aliphatic rings. The minimum Gasteiger partial charge on any atom is -0.370 e. The Balaban J connectivity index is 1.77. The van der Waals surface area contributed by atoms with Gasteiger partial charge in [0.1, 0.15) is 12.4 Å². The van der Waals surface area contributed by atoms with Crippen LogP contribution < -0.4 is 0 Å². The number of thiazole rings is 1. The van der Waals surface area contributed by atoms with Crippen LogP contribution in [-0.2, 0) is 4.74 Å². The highest BCUT2D eigenvalue weighted by Crippen LogP contribution is 2.45. The summed E-state index contributed by atoms with van der Waals surface area (Å²) in [6, 6.07) is 10.4. The van der Waals surface area contributed by atoms with E-state index in [1.54, 1.807) is 17.7 Å². The van der Waals surface area contributed by atoms with E-state index in [0.717, 1.165) is 41.5 Å². The van der Waals surface area contributed by atoms with Gasteiger partial charge in [-0.05, 0) is 19.8 Å². The van der Waals surface area contributed by atoms with Crippen LogP contribution in [0.2, 0.25) is 0 Å². The molecule has 2 unspecified atom stereocenters. The van der Waals surface area contributed by atoms with E-state index in [2.05, 4.69) is 46.4 Å². The molecule has 1 aromatic carbocycles. The average Bonchev–Trinajstić information content (AvgIpc) is 3.25.